The van der Waals surface area contributed by atoms with Crippen molar-refractivity contribution in [2.24, 2.45) is 0 Å². The molecule has 2 heterocycles. The van der Waals surface area contributed by atoms with Gasteiger partial charge in [-0.3, -0.25) is 0 Å². The second kappa shape index (κ2) is 3.26. The molecular weight excluding hydrogens is 220 g/mol. The van der Waals surface area contributed by atoms with Crippen molar-refractivity contribution in [3.05, 3.63) is 28.6 Å². The van der Waals surface area contributed by atoms with Crippen molar-refractivity contribution in [1.82, 2.24) is 0 Å². The highest BCUT2D eigenvalue weighted by molar-refractivity contribution is 8.00. The lowest BCUT2D eigenvalue weighted by atomic mass is 9.98. The molecule has 0 saturated carbocycles. The molecule has 0 fully saturated rings. The normalized spacial score (nSPS) is 24.7. The van der Waals surface area contributed by atoms with Gasteiger partial charge in [0.15, 0.2) is 0 Å². The third-order valence-corrected chi connectivity index (χ3v) is 5.68. The van der Waals surface area contributed by atoms with Crippen LogP contribution in [-0.4, -0.2) is 5.25 Å². The lowest BCUT2D eigenvalue weighted by Gasteiger charge is -2.07. The summed E-state index contributed by atoms with van der Waals surface area (Å²) in [6.45, 7) is 6.86. The first-order valence-electron chi connectivity index (χ1n) is 5.36. The molecular formula is C13H14S2. The lowest BCUT2D eigenvalue weighted by Crippen LogP contribution is -1.99. The van der Waals surface area contributed by atoms with Crippen molar-refractivity contribution in [3.8, 4) is 0 Å². The van der Waals surface area contributed by atoms with Crippen LogP contribution in [0.5, 0.6) is 0 Å². The molecule has 1 aliphatic rings. The van der Waals surface area contributed by atoms with Crippen LogP contribution in [0.25, 0.3) is 10.1 Å². The monoisotopic (exact) mass is 234 g/mol. The average molecular weight is 234 g/mol. The molecule has 1 aromatic carbocycles. The predicted molar refractivity (Wildman–Crippen MR) is 70.3 cm³/mol. The van der Waals surface area contributed by atoms with E-state index in [2.05, 4.69) is 39.0 Å². The number of thioether (sulfide) groups is 1. The Labute approximate surface area is 98.7 Å². The summed E-state index contributed by atoms with van der Waals surface area (Å²) in [6.07, 6.45) is 0. The van der Waals surface area contributed by atoms with Gasteiger partial charge in [0.2, 0.25) is 0 Å². The van der Waals surface area contributed by atoms with E-state index in [0.29, 0.717) is 5.92 Å². The van der Waals surface area contributed by atoms with Crippen molar-refractivity contribution in [1.29, 1.82) is 0 Å². The van der Waals surface area contributed by atoms with Crippen LogP contribution in [0.1, 0.15) is 30.2 Å². The van der Waals surface area contributed by atoms with Crippen molar-refractivity contribution in [2.75, 3.05) is 0 Å². The quantitative estimate of drug-likeness (QED) is 0.630. The van der Waals surface area contributed by atoms with Crippen LogP contribution in [0.15, 0.2) is 23.1 Å². The first kappa shape index (κ1) is 9.73. The maximum absolute atomic E-state index is 2.41. The van der Waals surface area contributed by atoms with E-state index in [1.165, 1.54) is 19.9 Å². The third kappa shape index (κ3) is 1.42. The van der Waals surface area contributed by atoms with E-state index in [0.717, 1.165) is 5.25 Å². The third-order valence-electron chi connectivity index (χ3n) is 3.28. The zero-order chi connectivity index (χ0) is 10.6. The van der Waals surface area contributed by atoms with Gasteiger partial charge in [0.25, 0.3) is 0 Å². The lowest BCUT2D eigenvalue weighted by molar-refractivity contribution is 0.763. The summed E-state index contributed by atoms with van der Waals surface area (Å²) in [5.74, 6) is 0.705. The largest absolute Gasteiger partial charge is 0.141 e. The van der Waals surface area contributed by atoms with Gasteiger partial charge in [-0.15, -0.1) is 23.1 Å². The van der Waals surface area contributed by atoms with Gasteiger partial charge in [-0.25, -0.2) is 0 Å². The smallest absolute Gasteiger partial charge is 0.0349 e. The minimum absolute atomic E-state index is 0.705. The summed E-state index contributed by atoms with van der Waals surface area (Å²) in [4.78, 5) is 2.92. The Bertz CT molecular complexity index is 525. The summed E-state index contributed by atoms with van der Waals surface area (Å²) in [5, 5.41) is 2.16. The number of benzene rings is 1. The second-order valence-electron chi connectivity index (χ2n) is 4.40. The minimum Gasteiger partial charge on any atom is -0.141 e. The van der Waals surface area contributed by atoms with E-state index in [1.54, 1.807) is 5.56 Å². The maximum atomic E-state index is 2.41. The molecule has 0 radical (unpaired) electrons. The van der Waals surface area contributed by atoms with Gasteiger partial charge in [-0.05, 0) is 42.0 Å². The predicted octanol–water partition coefficient (Wildman–Crippen LogP) is 4.81. The highest BCUT2D eigenvalue weighted by Crippen LogP contribution is 2.47. The van der Waals surface area contributed by atoms with Crippen molar-refractivity contribution in [2.45, 2.75) is 36.8 Å². The van der Waals surface area contributed by atoms with Crippen LogP contribution in [0.4, 0.5) is 0 Å². The first-order valence-corrected chi connectivity index (χ1v) is 7.05. The fourth-order valence-corrected chi connectivity index (χ4v) is 4.51. The second-order valence-corrected chi connectivity index (χ2v) is 7.10. The highest BCUT2D eigenvalue weighted by atomic mass is 32.2. The first-order chi connectivity index (χ1) is 7.15. The number of hydrogen-bond acceptors (Lipinski definition) is 2. The molecule has 0 amide bonds. The van der Waals surface area contributed by atoms with Gasteiger partial charge < -0.3 is 0 Å². The Balaban J connectivity index is 2.25. The van der Waals surface area contributed by atoms with E-state index in [-0.39, 0.29) is 0 Å². The summed E-state index contributed by atoms with van der Waals surface area (Å²) in [6, 6.07) is 7.08. The molecule has 0 saturated heterocycles. The number of thiophene rings is 1. The fraction of sp³-hybridized carbons (Fsp3) is 0.385. The summed E-state index contributed by atoms with van der Waals surface area (Å²) >= 11 is 3.94. The average Bonchev–Trinajstić information content (AvgIpc) is 2.65. The zero-order valence-electron chi connectivity index (χ0n) is 9.20. The molecule has 2 aromatic rings. The molecule has 78 valence electrons. The zero-order valence-corrected chi connectivity index (χ0v) is 10.8. The Kier molecular flexibility index (Phi) is 2.12. The van der Waals surface area contributed by atoms with E-state index in [9.17, 15) is 0 Å². The van der Waals surface area contributed by atoms with Crippen LogP contribution in [0.3, 0.4) is 0 Å². The van der Waals surface area contributed by atoms with Crippen LogP contribution in [0.2, 0.25) is 0 Å². The van der Waals surface area contributed by atoms with E-state index in [1.807, 2.05) is 23.1 Å². The molecule has 0 nitrogen and oxygen atoms in total. The van der Waals surface area contributed by atoms with E-state index in [4.69, 9.17) is 0 Å². The van der Waals surface area contributed by atoms with Gasteiger partial charge in [0.05, 0.1) is 0 Å². The van der Waals surface area contributed by atoms with Crippen molar-refractivity contribution >= 4 is 33.2 Å². The number of hydrogen-bond donors (Lipinski definition) is 0. The molecule has 1 aromatic heterocycles. The number of fused-ring (bicyclic) bond motifs is 2. The molecule has 2 atom stereocenters. The molecule has 2 heteroatoms. The molecule has 1 aliphatic heterocycles. The number of rotatable bonds is 0. The fourth-order valence-electron chi connectivity index (χ4n) is 2.23. The Morgan fingerprint density at radius 2 is 1.93 bits per heavy atom. The van der Waals surface area contributed by atoms with Gasteiger partial charge in [0.1, 0.15) is 0 Å². The summed E-state index contributed by atoms with van der Waals surface area (Å²) in [7, 11) is 0. The van der Waals surface area contributed by atoms with E-state index >= 15 is 0 Å². The Morgan fingerprint density at radius 1 is 1.13 bits per heavy atom. The molecule has 2 unspecified atom stereocenters. The number of aryl methyl sites for hydroxylation is 1. The molecule has 0 spiro atoms. The molecule has 0 aliphatic carbocycles. The van der Waals surface area contributed by atoms with Crippen molar-refractivity contribution in [3.63, 3.8) is 0 Å². The minimum atomic E-state index is 0.705. The Hall–Kier alpha value is -0.470. The van der Waals surface area contributed by atoms with Crippen LogP contribution < -0.4 is 0 Å². The highest BCUT2D eigenvalue weighted by Gasteiger charge is 2.26. The summed E-state index contributed by atoms with van der Waals surface area (Å²) < 4.78 is 1.45. The van der Waals surface area contributed by atoms with Gasteiger partial charge in [0, 0.05) is 19.7 Å². The van der Waals surface area contributed by atoms with Gasteiger partial charge in [-0.2, -0.15) is 0 Å². The van der Waals surface area contributed by atoms with Gasteiger partial charge >= 0.3 is 0 Å². The topological polar surface area (TPSA) is 0 Å². The SMILES string of the molecule is Cc1cc2cc3c(cc2s1)C(C)C(C)S3. The molecule has 15 heavy (non-hydrogen) atoms. The van der Waals surface area contributed by atoms with Gasteiger partial charge in [-0.1, -0.05) is 13.8 Å². The molecule has 0 bridgehead atoms. The van der Waals surface area contributed by atoms with Crippen LogP contribution >= 0.6 is 23.1 Å². The molecule has 0 N–H and O–H groups in total. The Morgan fingerprint density at radius 3 is 2.73 bits per heavy atom. The standard InChI is InChI=1S/C13H14S2/c1-7-4-10-5-13-11(6-12(10)14-7)8(2)9(3)15-13/h4-6,8-9H,1-3H3. The van der Waals surface area contributed by atoms with Crippen LogP contribution in [-0.2, 0) is 0 Å². The van der Waals surface area contributed by atoms with E-state index < -0.39 is 0 Å². The van der Waals surface area contributed by atoms with Crippen LogP contribution in [0, 0.1) is 6.92 Å². The molecule has 3 rings (SSSR count). The van der Waals surface area contributed by atoms with Crippen molar-refractivity contribution < 1.29 is 0 Å². The maximum Gasteiger partial charge on any atom is 0.0349 e. The summed E-state index contributed by atoms with van der Waals surface area (Å²) in [5.41, 5.74) is 1.56.